The molecule has 0 bridgehead atoms. The van der Waals surface area contributed by atoms with E-state index in [2.05, 4.69) is 5.32 Å². The molecule has 4 aromatic carbocycles. The van der Waals surface area contributed by atoms with E-state index in [1.165, 1.54) is 41.3 Å². The van der Waals surface area contributed by atoms with E-state index in [0.29, 0.717) is 6.54 Å². The van der Waals surface area contributed by atoms with E-state index in [4.69, 9.17) is 0 Å². The van der Waals surface area contributed by atoms with E-state index in [-0.39, 0.29) is 35.1 Å². The molecule has 0 heterocycles. The lowest BCUT2D eigenvalue weighted by Gasteiger charge is -2.34. The molecule has 0 unspecified atom stereocenters. The van der Waals surface area contributed by atoms with E-state index in [1.54, 1.807) is 18.2 Å². The number of sulfonamides is 1. The molecule has 1 atom stereocenters. The van der Waals surface area contributed by atoms with Crippen molar-refractivity contribution in [2.75, 3.05) is 17.4 Å². The standard InChI is InChI=1S/C35H38N4O6S/c1-3-4-23-36-35(41)33(24-28-11-7-5-8-12-28)37(25-29-17-15-27(2)16-18-29)34(40)26-38(30-19-21-31(22-20-30)39(42)43)46(44,45)32-13-9-6-10-14-32/h5-22,33H,3-4,23-26H2,1-2H3,(H,36,41)/t33-/m0/s1. The lowest BCUT2D eigenvalue weighted by atomic mass is 10.0. The highest BCUT2D eigenvalue weighted by molar-refractivity contribution is 7.92. The van der Waals surface area contributed by atoms with Gasteiger partial charge in [0.2, 0.25) is 11.8 Å². The molecule has 0 aromatic heterocycles. The van der Waals surface area contributed by atoms with Gasteiger partial charge in [0.05, 0.1) is 15.5 Å². The molecule has 2 amide bonds. The van der Waals surface area contributed by atoms with Crippen LogP contribution >= 0.6 is 0 Å². The molecule has 0 aliphatic rings. The van der Waals surface area contributed by atoms with Gasteiger partial charge in [0.25, 0.3) is 15.7 Å². The summed E-state index contributed by atoms with van der Waals surface area (Å²) in [5.74, 6) is -0.949. The van der Waals surface area contributed by atoms with Gasteiger partial charge in [-0.25, -0.2) is 8.42 Å². The number of rotatable bonds is 15. The fourth-order valence-electron chi connectivity index (χ4n) is 4.94. The van der Waals surface area contributed by atoms with Crippen LogP contribution in [-0.4, -0.2) is 49.2 Å². The van der Waals surface area contributed by atoms with Crippen LogP contribution in [0.5, 0.6) is 0 Å². The summed E-state index contributed by atoms with van der Waals surface area (Å²) in [6, 6.07) is 28.6. The van der Waals surface area contributed by atoms with Gasteiger partial charge in [-0.2, -0.15) is 0 Å². The fraction of sp³-hybridized carbons (Fsp3) is 0.257. The quantitative estimate of drug-likeness (QED) is 0.101. The Balaban J connectivity index is 1.79. The Morgan fingerprint density at radius 2 is 1.46 bits per heavy atom. The number of aryl methyl sites for hydroxylation is 1. The highest BCUT2D eigenvalue weighted by Crippen LogP contribution is 2.27. The highest BCUT2D eigenvalue weighted by atomic mass is 32.2. The summed E-state index contributed by atoms with van der Waals surface area (Å²) in [5.41, 5.74) is 2.48. The van der Waals surface area contributed by atoms with Crippen molar-refractivity contribution in [2.45, 2.75) is 50.6 Å². The van der Waals surface area contributed by atoms with Crippen molar-refractivity contribution in [3.63, 3.8) is 0 Å². The molecule has 0 saturated carbocycles. The Kier molecular flexibility index (Phi) is 11.6. The molecule has 4 aromatic rings. The first-order valence-corrected chi connectivity index (χ1v) is 16.5. The number of hydrogen-bond acceptors (Lipinski definition) is 6. The van der Waals surface area contributed by atoms with Crippen molar-refractivity contribution >= 4 is 33.2 Å². The minimum atomic E-state index is -4.30. The van der Waals surface area contributed by atoms with Gasteiger partial charge in [-0.15, -0.1) is 0 Å². The third-order valence-corrected chi connectivity index (χ3v) is 9.32. The molecule has 0 fully saturated rings. The van der Waals surface area contributed by atoms with Crippen molar-refractivity contribution in [1.82, 2.24) is 10.2 Å². The van der Waals surface area contributed by atoms with Gasteiger partial charge in [-0.3, -0.25) is 24.0 Å². The smallest absolute Gasteiger partial charge is 0.269 e. The molecule has 0 aliphatic heterocycles. The number of amides is 2. The average molecular weight is 643 g/mol. The lowest BCUT2D eigenvalue weighted by molar-refractivity contribution is -0.384. The zero-order valence-electron chi connectivity index (χ0n) is 25.9. The Labute approximate surface area is 269 Å². The minimum Gasteiger partial charge on any atom is -0.354 e. The number of nitrogens with one attached hydrogen (secondary N) is 1. The van der Waals surface area contributed by atoms with Crippen LogP contribution in [0.4, 0.5) is 11.4 Å². The van der Waals surface area contributed by atoms with Crippen molar-refractivity contribution in [3.05, 3.63) is 136 Å². The maximum atomic E-state index is 14.4. The van der Waals surface area contributed by atoms with Crippen LogP contribution in [0.2, 0.25) is 0 Å². The Morgan fingerprint density at radius 1 is 0.848 bits per heavy atom. The van der Waals surface area contributed by atoms with Crippen molar-refractivity contribution in [1.29, 1.82) is 0 Å². The maximum Gasteiger partial charge on any atom is 0.269 e. The fourth-order valence-corrected chi connectivity index (χ4v) is 6.37. The van der Waals surface area contributed by atoms with E-state index in [9.17, 15) is 28.1 Å². The van der Waals surface area contributed by atoms with Crippen LogP contribution in [-0.2, 0) is 32.6 Å². The van der Waals surface area contributed by atoms with E-state index in [1.807, 2.05) is 68.4 Å². The Hall–Kier alpha value is -5.03. The molecule has 0 aliphatic carbocycles. The van der Waals surface area contributed by atoms with Crippen LogP contribution in [0.3, 0.4) is 0 Å². The second-order valence-corrected chi connectivity index (χ2v) is 12.8. The summed E-state index contributed by atoms with van der Waals surface area (Å²) < 4.78 is 29.0. The molecule has 46 heavy (non-hydrogen) atoms. The van der Waals surface area contributed by atoms with Gasteiger partial charge in [0.15, 0.2) is 0 Å². The second kappa shape index (κ2) is 15.8. The van der Waals surface area contributed by atoms with Crippen LogP contribution in [0, 0.1) is 17.0 Å². The molecule has 10 nitrogen and oxygen atoms in total. The molecular weight excluding hydrogens is 604 g/mol. The maximum absolute atomic E-state index is 14.4. The molecule has 4 rings (SSSR count). The molecule has 1 N–H and O–H groups in total. The number of benzene rings is 4. The predicted octanol–water partition coefficient (Wildman–Crippen LogP) is 5.65. The zero-order chi connectivity index (χ0) is 33.1. The number of carbonyl (C=O) groups excluding carboxylic acids is 2. The number of hydrogen-bond donors (Lipinski definition) is 1. The largest absolute Gasteiger partial charge is 0.354 e. The molecule has 0 radical (unpaired) electrons. The highest BCUT2D eigenvalue weighted by Gasteiger charge is 2.34. The summed E-state index contributed by atoms with van der Waals surface area (Å²) in [6.07, 6.45) is 1.84. The molecule has 0 spiro atoms. The number of anilines is 1. The topological polar surface area (TPSA) is 130 Å². The molecular formula is C35H38N4O6S. The molecule has 240 valence electrons. The Morgan fingerprint density at radius 3 is 2.04 bits per heavy atom. The van der Waals surface area contributed by atoms with Gasteiger partial charge < -0.3 is 10.2 Å². The number of unbranched alkanes of at least 4 members (excludes halogenated alkanes) is 1. The van der Waals surface area contributed by atoms with Crippen molar-refractivity contribution in [2.24, 2.45) is 0 Å². The number of nitro groups is 1. The number of nitro benzene ring substituents is 1. The summed E-state index contributed by atoms with van der Waals surface area (Å²) in [5, 5.41) is 14.3. The summed E-state index contributed by atoms with van der Waals surface area (Å²) in [7, 11) is -4.30. The van der Waals surface area contributed by atoms with Crippen LogP contribution < -0.4 is 9.62 Å². The summed E-state index contributed by atoms with van der Waals surface area (Å²) in [4.78, 5) is 40.4. The van der Waals surface area contributed by atoms with Gasteiger partial charge in [-0.05, 0) is 48.7 Å². The third-order valence-electron chi connectivity index (χ3n) is 7.53. The first-order chi connectivity index (χ1) is 22.1. The minimum absolute atomic E-state index is 0.0515. The first-order valence-electron chi connectivity index (χ1n) is 15.1. The van der Waals surface area contributed by atoms with E-state index < -0.39 is 33.4 Å². The van der Waals surface area contributed by atoms with Crippen LogP contribution in [0.25, 0.3) is 0 Å². The van der Waals surface area contributed by atoms with Gasteiger partial charge >= 0.3 is 0 Å². The number of nitrogens with zero attached hydrogens (tertiary/aromatic N) is 3. The van der Waals surface area contributed by atoms with Crippen molar-refractivity contribution < 1.29 is 22.9 Å². The second-order valence-electron chi connectivity index (χ2n) is 11.0. The predicted molar refractivity (Wildman–Crippen MR) is 178 cm³/mol. The van der Waals surface area contributed by atoms with Crippen LogP contribution in [0.15, 0.2) is 114 Å². The van der Waals surface area contributed by atoms with Crippen molar-refractivity contribution in [3.8, 4) is 0 Å². The normalized spacial score (nSPS) is 11.8. The number of carbonyl (C=O) groups is 2. The van der Waals surface area contributed by atoms with E-state index >= 15 is 0 Å². The monoisotopic (exact) mass is 642 g/mol. The SMILES string of the molecule is CCCCNC(=O)[C@H](Cc1ccccc1)N(Cc1ccc(C)cc1)C(=O)CN(c1ccc([N+](=O)[O-])cc1)S(=O)(=O)c1ccccc1. The van der Waals surface area contributed by atoms with Crippen LogP contribution in [0.1, 0.15) is 36.5 Å². The summed E-state index contributed by atoms with van der Waals surface area (Å²) in [6.45, 7) is 3.81. The third kappa shape index (κ3) is 8.79. The van der Waals surface area contributed by atoms with Gasteiger partial charge in [0, 0.05) is 31.6 Å². The summed E-state index contributed by atoms with van der Waals surface area (Å²) >= 11 is 0. The number of non-ortho nitro benzene ring substituents is 1. The zero-order valence-corrected chi connectivity index (χ0v) is 26.7. The van der Waals surface area contributed by atoms with E-state index in [0.717, 1.165) is 33.8 Å². The first kappa shape index (κ1) is 33.9. The average Bonchev–Trinajstić information content (AvgIpc) is 3.07. The molecule has 11 heteroatoms. The Bertz CT molecular complexity index is 1710. The van der Waals surface area contributed by atoms with Gasteiger partial charge in [-0.1, -0.05) is 91.7 Å². The van der Waals surface area contributed by atoms with Gasteiger partial charge in [0.1, 0.15) is 12.6 Å². The molecule has 0 saturated heterocycles. The lowest BCUT2D eigenvalue weighted by Crippen LogP contribution is -2.53.